The molecule has 1 aromatic heterocycles. The van der Waals surface area contributed by atoms with Crippen molar-refractivity contribution in [3.63, 3.8) is 0 Å². The molecule has 0 N–H and O–H groups in total. The molecular formula is C20H19Cl2N5S. The van der Waals surface area contributed by atoms with Crippen LogP contribution in [-0.2, 0) is 13.5 Å². The quantitative estimate of drug-likeness (QED) is 0.538. The minimum atomic E-state index is 0.618. The number of hydrazone groups is 2. The largest absolute Gasteiger partial charge is 0.271 e. The zero-order chi connectivity index (χ0) is 19.7. The summed E-state index contributed by atoms with van der Waals surface area (Å²) < 4.78 is 1.94. The van der Waals surface area contributed by atoms with E-state index in [4.69, 9.17) is 28.3 Å². The highest BCUT2D eigenvalue weighted by atomic mass is 35.5. The van der Waals surface area contributed by atoms with Crippen LogP contribution in [0.25, 0.3) is 22.0 Å². The van der Waals surface area contributed by atoms with Gasteiger partial charge in [0.25, 0.3) is 0 Å². The fourth-order valence-corrected chi connectivity index (χ4v) is 4.22. The first kappa shape index (κ1) is 19.3. The third-order valence-electron chi connectivity index (χ3n) is 4.62. The lowest BCUT2D eigenvalue weighted by Crippen LogP contribution is -2.20. The zero-order valence-electron chi connectivity index (χ0n) is 15.6. The number of hydrogen-bond acceptors (Lipinski definition) is 5. The maximum atomic E-state index is 6.45. The van der Waals surface area contributed by atoms with Gasteiger partial charge in [-0.25, -0.2) is 0 Å². The predicted molar refractivity (Wildman–Crippen MR) is 121 cm³/mol. The summed E-state index contributed by atoms with van der Waals surface area (Å²) in [5.41, 5.74) is 5.05. The molecule has 8 heteroatoms. The third-order valence-corrected chi connectivity index (χ3v) is 5.66. The Kier molecular flexibility index (Phi) is 5.62. The van der Waals surface area contributed by atoms with Crippen molar-refractivity contribution in [1.29, 1.82) is 0 Å². The van der Waals surface area contributed by atoms with Gasteiger partial charge < -0.3 is 0 Å². The van der Waals surface area contributed by atoms with Crippen molar-refractivity contribution < 1.29 is 0 Å². The second-order valence-corrected chi connectivity index (χ2v) is 8.21. The van der Waals surface area contributed by atoms with Gasteiger partial charge in [-0.2, -0.15) is 20.4 Å². The van der Waals surface area contributed by atoms with Crippen molar-refractivity contribution in [2.24, 2.45) is 17.3 Å². The van der Waals surface area contributed by atoms with Crippen LogP contribution in [0, 0.1) is 0 Å². The average Bonchev–Trinajstić information content (AvgIpc) is 2.98. The predicted octanol–water partition coefficient (Wildman–Crippen LogP) is 5.46. The van der Waals surface area contributed by atoms with Crippen LogP contribution in [0.2, 0.25) is 10.0 Å². The molecule has 1 aliphatic heterocycles. The summed E-state index contributed by atoms with van der Waals surface area (Å²) in [6.07, 6.45) is 5.43. The van der Waals surface area contributed by atoms with Gasteiger partial charge in [0.05, 0.1) is 11.4 Å². The van der Waals surface area contributed by atoms with Crippen LogP contribution >= 0.6 is 35.0 Å². The number of aromatic nitrogens is 2. The molecule has 2 aromatic carbocycles. The lowest BCUT2D eigenvalue weighted by atomic mass is 10.0. The first-order valence-electron chi connectivity index (χ1n) is 8.82. The minimum absolute atomic E-state index is 0.618. The Morgan fingerprint density at radius 1 is 1.14 bits per heavy atom. The van der Waals surface area contributed by atoms with Crippen LogP contribution in [0.4, 0.5) is 0 Å². The van der Waals surface area contributed by atoms with E-state index in [-0.39, 0.29) is 0 Å². The fraction of sp³-hybridized carbons (Fsp3) is 0.250. The molecule has 3 aromatic rings. The van der Waals surface area contributed by atoms with Crippen molar-refractivity contribution in [2.45, 2.75) is 12.8 Å². The SMILES string of the molecule is CSCN1N=CCC(Cc2c3cccc(-c4ccc(Cl)cc4Cl)c3nn2C)=N1. The summed E-state index contributed by atoms with van der Waals surface area (Å²) in [6, 6.07) is 11.7. The molecule has 0 saturated carbocycles. The van der Waals surface area contributed by atoms with E-state index in [1.165, 1.54) is 0 Å². The maximum Gasteiger partial charge on any atom is 0.106 e. The van der Waals surface area contributed by atoms with Crippen molar-refractivity contribution >= 4 is 57.8 Å². The monoisotopic (exact) mass is 431 g/mol. The molecule has 5 nitrogen and oxygen atoms in total. The van der Waals surface area contributed by atoms with E-state index < -0.39 is 0 Å². The number of halogens is 2. The van der Waals surface area contributed by atoms with Crippen LogP contribution in [0.15, 0.2) is 46.6 Å². The number of aryl methyl sites for hydroxylation is 1. The first-order valence-corrected chi connectivity index (χ1v) is 11.0. The van der Waals surface area contributed by atoms with Crippen LogP contribution < -0.4 is 0 Å². The highest BCUT2D eigenvalue weighted by Crippen LogP contribution is 2.35. The maximum absolute atomic E-state index is 6.45. The average molecular weight is 432 g/mol. The van der Waals surface area contributed by atoms with E-state index in [1.807, 2.05) is 48.5 Å². The topological polar surface area (TPSA) is 45.8 Å². The third kappa shape index (κ3) is 3.77. The Balaban J connectivity index is 1.74. The molecule has 0 aliphatic carbocycles. The number of fused-ring (bicyclic) bond motifs is 1. The number of nitrogens with zero attached hydrogens (tertiary/aromatic N) is 5. The van der Waals surface area contributed by atoms with Gasteiger partial charge in [-0.3, -0.25) is 4.68 Å². The van der Waals surface area contributed by atoms with Gasteiger partial charge in [0.1, 0.15) is 11.4 Å². The molecule has 0 bridgehead atoms. The van der Waals surface area contributed by atoms with Gasteiger partial charge in [-0.05, 0) is 18.4 Å². The molecule has 0 saturated heterocycles. The summed E-state index contributed by atoms with van der Waals surface area (Å²) in [7, 11) is 1.97. The molecule has 28 heavy (non-hydrogen) atoms. The van der Waals surface area contributed by atoms with E-state index in [0.717, 1.165) is 52.2 Å². The molecular weight excluding hydrogens is 413 g/mol. The molecule has 4 rings (SSSR count). The first-order chi connectivity index (χ1) is 13.6. The Morgan fingerprint density at radius 2 is 2.00 bits per heavy atom. The summed E-state index contributed by atoms with van der Waals surface area (Å²) >= 11 is 14.2. The standard InChI is InChI=1S/C20H19Cl2N5S/c1-26-19(11-14-8-9-23-27(24-14)12-28-2)17-5-3-4-16(20(17)25-26)15-7-6-13(21)10-18(15)22/h3-7,9-10H,8,11-12H2,1-2H3. The number of hydrogen-bond donors (Lipinski definition) is 0. The summed E-state index contributed by atoms with van der Waals surface area (Å²) in [5.74, 6) is 0.741. The van der Waals surface area contributed by atoms with Crippen LogP contribution in [0.3, 0.4) is 0 Å². The normalized spacial score (nSPS) is 14.0. The number of thioether (sulfide) groups is 1. The van der Waals surface area contributed by atoms with Gasteiger partial charge in [0, 0.05) is 52.7 Å². The second-order valence-electron chi connectivity index (χ2n) is 6.53. The summed E-state index contributed by atoms with van der Waals surface area (Å²) in [4.78, 5) is 0. The van der Waals surface area contributed by atoms with Crippen LogP contribution in [0.1, 0.15) is 12.1 Å². The zero-order valence-corrected chi connectivity index (χ0v) is 17.9. The molecule has 0 amide bonds. The van der Waals surface area contributed by atoms with Crippen molar-refractivity contribution in [3.8, 4) is 11.1 Å². The van der Waals surface area contributed by atoms with Crippen molar-refractivity contribution in [2.75, 3.05) is 12.1 Å². The van der Waals surface area contributed by atoms with Gasteiger partial charge in [-0.1, -0.05) is 47.5 Å². The molecule has 2 heterocycles. The van der Waals surface area contributed by atoms with Crippen LogP contribution in [-0.4, -0.2) is 39.0 Å². The number of benzene rings is 2. The molecule has 0 unspecified atom stereocenters. The Morgan fingerprint density at radius 3 is 2.79 bits per heavy atom. The minimum Gasteiger partial charge on any atom is -0.271 e. The highest BCUT2D eigenvalue weighted by Gasteiger charge is 2.18. The Labute approximate surface area is 178 Å². The van der Waals surface area contributed by atoms with E-state index in [0.29, 0.717) is 10.0 Å². The highest BCUT2D eigenvalue weighted by molar-refractivity contribution is 7.98. The molecule has 0 fully saturated rings. The summed E-state index contributed by atoms with van der Waals surface area (Å²) in [6.45, 7) is 0. The second kappa shape index (κ2) is 8.15. The van der Waals surface area contributed by atoms with Gasteiger partial charge in [0.2, 0.25) is 0 Å². The smallest absolute Gasteiger partial charge is 0.106 e. The van der Waals surface area contributed by atoms with Gasteiger partial charge in [-0.15, -0.1) is 11.8 Å². The van der Waals surface area contributed by atoms with Crippen LogP contribution in [0.5, 0.6) is 0 Å². The molecule has 0 spiro atoms. The van der Waals surface area contributed by atoms with Gasteiger partial charge >= 0.3 is 0 Å². The Bertz CT molecular complexity index is 1090. The lowest BCUT2D eigenvalue weighted by molar-refractivity contribution is 0.357. The van der Waals surface area contributed by atoms with Gasteiger partial charge in [0.15, 0.2) is 0 Å². The van der Waals surface area contributed by atoms with E-state index in [9.17, 15) is 0 Å². The molecule has 1 aliphatic rings. The lowest BCUT2D eigenvalue weighted by Gasteiger charge is -2.17. The molecule has 0 radical (unpaired) electrons. The van der Waals surface area contributed by atoms with Crippen molar-refractivity contribution in [3.05, 3.63) is 52.1 Å². The molecule has 144 valence electrons. The van der Waals surface area contributed by atoms with Crippen molar-refractivity contribution in [1.82, 2.24) is 14.9 Å². The number of rotatable bonds is 5. The van der Waals surface area contributed by atoms with E-state index in [1.54, 1.807) is 22.9 Å². The molecule has 0 atom stereocenters. The van der Waals surface area contributed by atoms with E-state index in [2.05, 4.69) is 16.3 Å². The fourth-order valence-electron chi connectivity index (χ4n) is 3.35. The Hall–Kier alpha value is -2.02. The van der Waals surface area contributed by atoms with E-state index >= 15 is 0 Å². The summed E-state index contributed by atoms with van der Waals surface area (Å²) in [5, 5.41) is 17.8.